The molecule has 1 saturated heterocycles. The van der Waals surface area contributed by atoms with Gasteiger partial charge in [-0.25, -0.2) is 22.8 Å². The molecule has 2 amide bonds. The summed E-state index contributed by atoms with van der Waals surface area (Å²) >= 11 is 1.08. The van der Waals surface area contributed by atoms with Crippen LogP contribution in [0.1, 0.15) is 36.9 Å². The van der Waals surface area contributed by atoms with Crippen LogP contribution in [-0.2, 0) is 4.74 Å². The van der Waals surface area contributed by atoms with Crippen molar-refractivity contribution in [1.29, 1.82) is 0 Å². The summed E-state index contributed by atoms with van der Waals surface area (Å²) in [4.78, 5) is 31.2. The number of alkyl halides is 1. The molecule has 40 heavy (non-hydrogen) atoms. The fraction of sp³-hybridized carbons (Fsp3) is 0.345. The van der Waals surface area contributed by atoms with Crippen molar-refractivity contribution >= 4 is 29.0 Å². The van der Waals surface area contributed by atoms with Gasteiger partial charge in [0.25, 0.3) is 5.91 Å². The van der Waals surface area contributed by atoms with E-state index in [4.69, 9.17) is 16.0 Å². The predicted octanol–water partition coefficient (Wildman–Crippen LogP) is 7.00. The van der Waals surface area contributed by atoms with Crippen LogP contribution in [0.2, 0.25) is 0 Å². The van der Waals surface area contributed by atoms with Crippen molar-refractivity contribution in [2.24, 2.45) is 0 Å². The second-order valence-electron chi connectivity index (χ2n) is 10.3. The number of carbonyl (C=O) groups excluding carboxylic acids is 2. The van der Waals surface area contributed by atoms with Gasteiger partial charge in [-0.15, -0.1) is 11.3 Å². The Bertz CT molecular complexity index is 1480. The summed E-state index contributed by atoms with van der Waals surface area (Å²) in [5.41, 5.74) is 0.399. The number of rotatable bonds is 5. The molecule has 1 aromatic heterocycles. The van der Waals surface area contributed by atoms with Crippen molar-refractivity contribution < 1.29 is 32.2 Å². The monoisotopic (exact) mass is 571 g/mol. The van der Waals surface area contributed by atoms with E-state index in [9.17, 15) is 22.8 Å². The molecule has 3 aromatic rings. The number of halogens is 3. The van der Waals surface area contributed by atoms with Crippen LogP contribution < -0.4 is 10.1 Å². The molecule has 11 heteroatoms. The molecule has 0 saturated carbocycles. The minimum atomic E-state index is -1.36. The number of alkyl carbamates (subject to hydrolysis) is 1. The second-order valence-corrected chi connectivity index (χ2v) is 11.3. The topological polar surface area (TPSA) is 72.2 Å². The number of carbonyl (C=O) groups is 2. The highest BCUT2D eigenvalue weighted by molar-refractivity contribution is 7.18. The van der Waals surface area contributed by atoms with E-state index in [1.807, 2.05) is 0 Å². The van der Waals surface area contributed by atoms with Crippen LogP contribution in [0.5, 0.6) is 5.75 Å². The van der Waals surface area contributed by atoms with E-state index in [2.05, 4.69) is 10.2 Å². The molecule has 0 aliphatic carbocycles. The molecular formula is C29H28F3N3O4S. The zero-order valence-corrected chi connectivity index (χ0v) is 23.2. The van der Waals surface area contributed by atoms with Crippen LogP contribution in [0.25, 0.3) is 26.4 Å². The highest BCUT2D eigenvalue weighted by Crippen LogP contribution is 2.42. The minimum Gasteiger partial charge on any atom is -0.494 e. The van der Waals surface area contributed by atoms with Gasteiger partial charge >= 0.3 is 6.09 Å². The van der Waals surface area contributed by atoms with Crippen molar-refractivity contribution in [1.82, 2.24) is 10.2 Å². The van der Waals surface area contributed by atoms with Crippen LogP contribution in [0.4, 0.5) is 23.7 Å². The highest BCUT2D eigenvalue weighted by Gasteiger charge is 2.35. The number of likely N-dealkylation sites (tertiary alicyclic amines) is 1. The first-order valence-electron chi connectivity index (χ1n) is 12.5. The summed E-state index contributed by atoms with van der Waals surface area (Å²) in [5, 5.41) is 2.52. The Hall–Kier alpha value is -4.04. The largest absolute Gasteiger partial charge is 0.494 e. The zero-order chi connectivity index (χ0) is 29.2. The van der Waals surface area contributed by atoms with Crippen LogP contribution in [0.3, 0.4) is 0 Å². The zero-order valence-electron chi connectivity index (χ0n) is 22.4. The van der Waals surface area contributed by atoms with Gasteiger partial charge in [-0.3, -0.25) is 4.79 Å². The first-order valence-corrected chi connectivity index (χ1v) is 13.3. The standard InChI is InChI=1S/C29H28F3N3O4S/c1-29(2,3)39-28(37)34-23-15-35(11-10-19(23)30)27(36)25-14-18(16-6-8-22(33-4)20(31)12-16)26(40-25)17-7-9-24(38-5)21(32)13-17/h6-9,12-14,19,23H,10-11,15H2,1-3,5H3,(H,34,37)/t19-,23-/m0/s1. The Kier molecular flexibility index (Phi) is 8.40. The fourth-order valence-electron chi connectivity index (χ4n) is 4.36. The third kappa shape index (κ3) is 6.39. The summed E-state index contributed by atoms with van der Waals surface area (Å²) < 4.78 is 54.1. The molecule has 210 valence electrons. The van der Waals surface area contributed by atoms with E-state index in [0.717, 1.165) is 11.3 Å². The predicted molar refractivity (Wildman–Crippen MR) is 146 cm³/mol. The first kappa shape index (κ1) is 29.0. The summed E-state index contributed by atoms with van der Waals surface area (Å²) in [5.74, 6) is -1.70. The van der Waals surface area contributed by atoms with Crippen LogP contribution in [-0.4, -0.2) is 54.9 Å². The number of nitrogens with zero attached hydrogens (tertiary/aromatic N) is 2. The van der Waals surface area contributed by atoms with Gasteiger partial charge in [0.2, 0.25) is 5.69 Å². The maximum atomic E-state index is 14.7. The Morgan fingerprint density at radius 3 is 2.42 bits per heavy atom. The minimum absolute atomic E-state index is 0.0181. The maximum absolute atomic E-state index is 14.7. The fourth-order valence-corrected chi connectivity index (χ4v) is 5.50. The lowest BCUT2D eigenvalue weighted by Crippen LogP contribution is -2.55. The average Bonchev–Trinajstić information content (AvgIpc) is 3.34. The summed E-state index contributed by atoms with van der Waals surface area (Å²) in [6.45, 7) is 12.2. The molecule has 0 radical (unpaired) electrons. The normalized spacial score (nSPS) is 17.2. The van der Waals surface area contributed by atoms with E-state index in [1.165, 1.54) is 36.3 Å². The van der Waals surface area contributed by atoms with Gasteiger partial charge < -0.3 is 19.7 Å². The smallest absolute Gasteiger partial charge is 0.408 e. The van der Waals surface area contributed by atoms with Gasteiger partial charge in [0, 0.05) is 23.5 Å². The molecule has 1 fully saturated rings. The number of hydrogen-bond donors (Lipinski definition) is 1. The van der Waals surface area contributed by atoms with Gasteiger partial charge in [-0.1, -0.05) is 12.1 Å². The van der Waals surface area contributed by atoms with Crippen LogP contribution >= 0.6 is 11.3 Å². The first-order chi connectivity index (χ1) is 18.9. The lowest BCUT2D eigenvalue weighted by Gasteiger charge is -2.35. The molecule has 0 bridgehead atoms. The van der Waals surface area contributed by atoms with Crippen LogP contribution in [0, 0.1) is 18.2 Å². The van der Waals surface area contributed by atoms with Gasteiger partial charge in [0.1, 0.15) is 17.6 Å². The van der Waals surface area contributed by atoms with E-state index in [-0.39, 0.29) is 35.8 Å². The van der Waals surface area contributed by atoms with Crippen molar-refractivity contribution in [3.8, 4) is 27.3 Å². The van der Waals surface area contributed by atoms with E-state index in [1.54, 1.807) is 39.0 Å². The summed E-state index contributed by atoms with van der Waals surface area (Å²) in [6.07, 6.45) is -2.12. The number of benzene rings is 2. The molecular weight excluding hydrogens is 543 g/mol. The van der Waals surface area contributed by atoms with Gasteiger partial charge in [0.05, 0.1) is 24.6 Å². The second kappa shape index (κ2) is 11.6. The third-order valence-corrected chi connectivity index (χ3v) is 7.43. The Balaban J connectivity index is 1.68. The molecule has 1 aliphatic rings. The van der Waals surface area contributed by atoms with Gasteiger partial charge in [-0.2, -0.15) is 0 Å². The SMILES string of the molecule is [C-]#[N+]c1ccc(-c2cc(C(=O)N3CC[C@H](F)[C@@H](NC(=O)OC(C)(C)C)C3)sc2-c2ccc(OC)c(F)c2)cc1F. The molecule has 2 atom stereocenters. The Labute approximate surface area is 234 Å². The number of hydrogen-bond acceptors (Lipinski definition) is 5. The van der Waals surface area contributed by atoms with Crippen molar-refractivity contribution in [3.63, 3.8) is 0 Å². The number of nitrogens with one attached hydrogen (secondary N) is 1. The molecule has 2 aromatic carbocycles. The molecule has 0 spiro atoms. The van der Waals surface area contributed by atoms with Gasteiger partial charge in [0.15, 0.2) is 11.6 Å². The third-order valence-electron chi connectivity index (χ3n) is 6.25. The molecule has 0 unspecified atom stereocenters. The quantitative estimate of drug-likeness (QED) is 0.335. The van der Waals surface area contributed by atoms with Gasteiger partial charge in [-0.05, 0) is 68.7 Å². The highest BCUT2D eigenvalue weighted by atomic mass is 32.1. The average molecular weight is 572 g/mol. The van der Waals surface area contributed by atoms with E-state index >= 15 is 0 Å². The Morgan fingerprint density at radius 1 is 1.10 bits per heavy atom. The van der Waals surface area contributed by atoms with Crippen molar-refractivity contribution in [3.05, 3.63) is 70.4 Å². The number of piperidine rings is 1. The molecule has 1 N–H and O–H groups in total. The van der Waals surface area contributed by atoms with E-state index < -0.39 is 41.4 Å². The number of thiophene rings is 1. The van der Waals surface area contributed by atoms with Crippen molar-refractivity contribution in [2.45, 2.75) is 45.0 Å². The molecule has 2 heterocycles. The number of methoxy groups -OCH3 is 1. The molecule has 7 nitrogen and oxygen atoms in total. The summed E-state index contributed by atoms with van der Waals surface area (Å²) in [6, 6.07) is 9.07. The maximum Gasteiger partial charge on any atom is 0.408 e. The lowest BCUT2D eigenvalue weighted by molar-refractivity contribution is 0.0367. The number of amides is 2. The van der Waals surface area contributed by atoms with E-state index in [0.29, 0.717) is 21.6 Å². The molecule has 1 aliphatic heterocycles. The lowest BCUT2D eigenvalue weighted by atomic mass is 10.0. The number of ether oxygens (including phenoxy) is 2. The van der Waals surface area contributed by atoms with Crippen LogP contribution in [0.15, 0.2) is 42.5 Å². The molecule has 4 rings (SSSR count). The Morgan fingerprint density at radius 2 is 1.80 bits per heavy atom. The van der Waals surface area contributed by atoms with Crippen molar-refractivity contribution in [2.75, 3.05) is 20.2 Å². The summed E-state index contributed by atoms with van der Waals surface area (Å²) in [7, 11) is 1.35.